The Labute approximate surface area is 84.9 Å². The normalized spacial score (nSPS) is 11.4. The molecule has 3 nitrogen and oxygen atoms in total. The smallest absolute Gasteiger partial charge is 0.108 e. The van der Waals surface area contributed by atoms with Gasteiger partial charge in [0.05, 0.1) is 22.5 Å². The summed E-state index contributed by atoms with van der Waals surface area (Å²) in [4.78, 5) is 8.33. The average Bonchev–Trinajstić information content (AvgIpc) is 2.49. The third-order valence-corrected chi connectivity index (χ3v) is 2.57. The van der Waals surface area contributed by atoms with Crippen molar-refractivity contribution in [2.75, 3.05) is 0 Å². The van der Waals surface area contributed by atoms with Gasteiger partial charge in [-0.2, -0.15) is 0 Å². The molecule has 2 rings (SSSR count). The minimum atomic E-state index is 0.420. The van der Waals surface area contributed by atoms with E-state index in [9.17, 15) is 0 Å². The van der Waals surface area contributed by atoms with E-state index < -0.39 is 0 Å². The highest BCUT2D eigenvalue weighted by Gasteiger charge is 2.08. The van der Waals surface area contributed by atoms with Gasteiger partial charge in [0.2, 0.25) is 0 Å². The fourth-order valence-corrected chi connectivity index (χ4v) is 1.87. The van der Waals surface area contributed by atoms with E-state index in [4.69, 9.17) is 0 Å². The maximum Gasteiger partial charge on any atom is 0.108 e. The molecule has 0 fully saturated rings. The van der Waals surface area contributed by atoms with Crippen LogP contribution < -0.4 is 0 Å². The van der Waals surface area contributed by atoms with Crippen LogP contribution in [0.2, 0.25) is 0 Å². The predicted molar refractivity (Wildman–Crippen MR) is 55.6 cm³/mol. The summed E-state index contributed by atoms with van der Waals surface area (Å²) < 4.78 is 3.12. The van der Waals surface area contributed by atoms with E-state index in [0.29, 0.717) is 6.04 Å². The summed E-state index contributed by atoms with van der Waals surface area (Å²) >= 11 is 3.47. The average molecular weight is 240 g/mol. The molecule has 2 aromatic heterocycles. The van der Waals surface area contributed by atoms with Crippen LogP contribution in [0.5, 0.6) is 0 Å². The topological polar surface area (TPSA) is 30.7 Å². The quantitative estimate of drug-likeness (QED) is 0.767. The number of fused-ring (bicyclic) bond motifs is 1. The van der Waals surface area contributed by atoms with Crippen molar-refractivity contribution in [1.82, 2.24) is 14.5 Å². The largest absolute Gasteiger partial charge is 0.327 e. The molecule has 0 aliphatic rings. The van der Waals surface area contributed by atoms with Gasteiger partial charge in [0.15, 0.2) is 0 Å². The van der Waals surface area contributed by atoms with Gasteiger partial charge in [0.25, 0.3) is 0 Å². The van der Waals surface area contributed by atoms with Gasteiger partial charge in [0.1, 0.15) is 5.52 Å². The minimum absolute atomic E-state index is 0.420. The summed E-state index contributed by atoms with van der Waals surface area (Å²) in [6, 6.07) is 0.420. The Hall–Kier alpha value is -0.900. The van der Waals surface area contributed by atoms with E-state index in [1.165, 1.54) is 0 Å². The summed E-state index contributed by atoms with van der Waals surface area (Å²) in [5, 5.41) is 0. The van der Waals surface area contributed by atoms with Gasteiger partial charge in [-0.15, -0.1) is 0 Å². The summed E-state index contributed by atoms with van der Waals surface area (Å²) in [5.41, 5.74) is 2.05. The lowest BCUT2D eigenvalue weighted by Crippen LogP contribution is -1.98. The first-order valence-corrected chi connectivity index (χ1v) is 4.95. The summed E-state index contributed by atoms with van der Waals surface area (Å²) in [6.45, 7) is 4.27. The predicted octanol–water partition coefficient (Wildman–Crippen LogP) is 2.77. The number of halogens is 1. The van der Waals surface area contributed by atoms with Crippen LogP contribution in [0.15, 0.2) is 23.2 Å². The van der Waals surface area contributed by atoms with E-state index in [1.54, 1.807) is 12.4 Å². The van der Waals surface area contributed by atoms with Crippen molar-refractivity contribution in [1.29, 1.82) is 0 Å². The maximum atomic E-state index is 4.27. The second-order valence-corrected chi connectivity index (χ2v) is 4.09. The summed E-state index contributed by atoms with van der Waals surface area (Å²) in [6.07, 6.45) is 5.42. The third kappa shape index (κ3) is 1.35. The molecular formula is C9H10BrN3. The molecule has 0 saturated carbocycles. The Balaban J connectivity index is 2.79. The minimum Gasteiger partial charge on any atom is -0.327 e. The Morgan fingerprint density at radius 3 is 2.85 bits per heavy atom. The van der Waals surface area contributed by atoms with Crippen LogP contribution in [0.25, 0.3) is 11.0 Å². The van der Waals surface area contributed by atoms with Crippen LogP contribution in [0.4, 0.5) is 0 Å². The highest BCUT2D eigenvalue weighted by atomic mass is 79.9. The van der Waals surface area contributed by atoms with E-state index in [0.717, 1.165) is 15.5 Å². The zero-order valence-electron chi connectivity index (χ0n) is 7.53. The van der Waals surface area contributed by atoms with Crippen molar-refractivity contribution in [3.8, 4) is 0 Å². The van der Waals surface area contributed by atoms with Gasteiger partial charge in [-0.1, -0.05) is 0 Å². The zero-order valence-corrected chi connectivity index (χ0v) is 9.12. The molecule has 0 radical (unpaired) electrons. The van der Waals surface area contributed by atoms with E-state index in [2.05, 4.69) is 44.3 Å². The first-order chi connectivity index (χ1) is 6.20. The van der Waals surface area contributed by atoms with Crippen LogP contribution in [0.1, 0.15) is 19.9 Å². The van der Waals surface area contributed by atoms with E-state index >= 15 is 0 Å². The van der Waals surface area contributed by atoms with Crippen molar-refractivity contribution in [2.45, 2.75) is 19.9 Å². The molecule has 0 aromatic carbocycles. The Bertz CT molecular complexity index is 433. The number of nitrogens with zero attached hydrogens (tertiary/aromatic N) is 3. The molecule has 13 heavy (non-hydrogen) atoms. The van der Waals surface area contributed by atoms with Crippen LogP contribution in [0.3, 0.4) is 0 Å². The number of hydrogen-bond acceptors (Lipinski definition) is 2. The van der Waals surface area contributed by atoms with Crippen molar-refractivity contribution in [3.05, 3.63) is 23.2 Å². The van der Waals surface area contributed by atoms with Crippen LogP contribution >= 0.6 is 15.9 Å². The standard InChI is InChI=1S/C9H10BrN3/c1-6(2)13-5-12-8-4-11-3-7(10)9(8)13/h3-6H,1-2H3. The highest BCUT2D eigenvalue weighted by Crippen LogP contribution is 2.24. The highest BCUT2D eigenvalue weighted by molar-refractivity contribution is 9.10. The number of rotatable bonds is 1. The molecular weight excluding hydrogens is 230 g/mol. The van der Waals surface area contributed by atoms with Crippen molar-refractivity contribution >= 4 is 27.0 Å². The van der Waals surface area contributed by atoms with Crippen molar-refractivity contribution < 1.29 is 0 Å². The monoisotopic (exact) mass is 239 g/mol. The SMILES string of the molecule is CC(C)n1cnc2cncc(Br)c21. The molecule has 0 unspecified atom stereocenters. The molecule has 2 aromatic rings. The van der Waals surface area contributed by atoms with Crippen LogP contribution in [0, 0.1) is 0 Å². The Kier molecular flexibility index (Phi) is 2.07. The van der Waals surface area contributed by atoms with Gasteiger partial charge >= 0.3 is 0 Å². The number of imidazole rings is 1. The molecule has 0 atom stereocenters. The Morgan fingerprint density at radius 1 is 1.38 bits per heavy atom. The molecule has 0 saturated heterocycles. The third-order valence-electron chi connectivity index (χ3n) is 1.99. The molecule has 0 bridgehead atoms. The van der Waals surface area contributed by atoms with Crippen LogP contribution in [-0.2, 0) is 0 Å². The lowest BCUT2D eigenvalue weighted by atomic mass is 10.3. The molecule has 4 heteroatoms. The fourth-order valence-electron chi connectivity index (χ4n) is 1.34. The molecule has 0 spiro atoms. The van der Waals surface area contributed by atoms with E-state index in [1.807, 2.05) is 6.33 Å². The van der Waals surface area contributed by atoms with Crippen molar-refractivity contribution in [3.63, 3.8) is 0 Å². The first-order valence-electron chi connectivity index (χ1n) is 4.16. The molecule has 68 valence electrons. The lowest BCUT2D eigenvalue weighted by molar-refractivity contribution is 0.617. The second kappa shape index (κ2) is 3.10. The molecule has 0 aliphatic carbocycles. The van der Waals surface area contributed by atoms with Gasteiger partial charge in [-0.25, -0.2) is 4.98 Å². The first kappa shape index (κ1) is 8.69. The number of pyridine rings is 1. The van der Waals surface area contributed by atoms with Gasteiger partial charge in [-0.3, -0.25) is 4.98 Å². The summed E-state index contributed by atoms with van der Waals surface area (Å²) in [5.74, 6) is 0. The van der Waals surface area contributed by atoms with Gasteiger partial charge in [-0.05, 0) is 29.8 Å². The molecule has 0 N–H and O–H groups in total. The molecule has 0 aliphatic heterocycles. The Morgan fingerprint density at radius 2 is 2.15 bits per heavy atom. The fraction of sp³-hybridized carbons (Fsp3) is 0.333. The molecule has 2 heterocycles. The second-order valence-electron chi connectivity index (χ2n) is 3.23. The maximum absolute atomic E-state index is 4.27. The zero-order chi connectivity index (χ0) is 9.42. The lowest BCUT2D eigenvalue weighted by Gasteiger charge is -2.08. The van der Waals surface area contributed by atoms with E-state index in [-0.39, 0.29) is 0 Å². The van der Waals surface area contributed by atoms with Gasteiger partial charge < -0.3 is 4.57 Å². The van der Waals surface area contributed by atoms with Crippen molar-refractivity contribution in [2.24, 2.45) is 0 Å². The number of aromatic nitrogens is 3. The molecule has 0 amide bonds. The van der Waals surface area contributed by atoms with Gasteiger partial charge in [0, 0.05) is 12.2 Å². The summed E-state index contributed by atoms with van der Waals surface area (Å²) in [7, 11) is 0. The van der Waals surface area contributed by atoms with Crippen LogP contribution in [-0.4, -0.2) is 14.5 Å². The number of hydrogen-bond donors (Lipinski definition) is 0.